The lowest BCUT2D eigenvalue weighted by molar-refractivity contribution is -0.355. The molecule has 3 N–H and O–H groups in total. The van der Waals surface area contributed by atoms with Gasteiger partial charge in [0.15, 0.2) is 0 Å². The molecule has 0 saturated heterocycles. The Kier molecular flexibility index (Phi) is 5.90. The van der Waals surface area contributed by atoms with Gasteiger partial charge in [-0.3, -0.25) is 0 Å². The molecular weight excluding hydrogens is 395 g/mol. The zero-order valence-corrected chi connectivity index (χ0v) is 15.4. The molecule has 0 spiro atoms. The summed E-state index contributed by atoms with van der Waals surface area (Å²) in [6.45, 7) is 0.786. The molecule has 0 saturated carbocycles. The van der Waals surface area contributed by atoms with Crippen LogP contribution >= 0.6 is 11.3 Å². The Morgan fingerprint density at radius 1 is 1.25 bits per heavy atom. The fourth-order valence-corrected chi connectivity index (χ4v) is 3.25. The van der Waals surface area contributed by atoms with Crippen molar-refractivity contribution in [1.82, 2.24) is 10.6 Å². The molecule has 1 aromatic carbocycles. The first-order chi connectivity index (χ1) is 13.3. The average Bonchev–Trinajstić information content (AvgIpc) is 3.30. The summed E-state index contributed by atoms with van der Waals surface area (Å²) in [7, 11) is 0. The van der Waals surface area contributed by atoms with Gasteiger partial charge in [-0.1, -0.05) is 35.5 Å². The maximum atomic E-state index is 12.7. The molecular formula is C18H18F3N3O3S. The van der Waals surface area contributed by atoms with Crippen LogP contribution in [-0.4, -0.2) is 35.4 Å². The monoisotopic (exact) mass is 413 g/mol. The zero-order valence-electron chi connectivity index (χ0n) is 14.6. The third kappa shape index (κ3) is 4.82. The minimum Gasteiger partial charge on any atom is -0.350 e. The molecule has 10 heteroatoms. The van der Waals surface area contributed by atoms with Gasteiger partial charge in [0.2, 0.25) is 0 Å². The van der Waals surface area contributed by atoms with Gasteiger partial charge < -0.3 is 20.6 Å². The molecule has 28 heavy (non-hydrogen) atoms. The van der Waals surface area contributed by atoms with E-state index in [2.05, 4.69) is 20.6 Å². The molecule has 2 heterocycles. The first kappa shape index (κ1) is 20.2. The predicted molar refractivity (Wildman–Crippen MR) is 97.9 cm³/mol. The molecule has 0 fully saturated rings. The van der Waals surface area contributed by atoms with E-state index in [1.165, 1.54) is 4.88 Å². The van der Waals surface area contributed by atoms with Gasteiger partial charge in [0.05, 0.1) is 12.1 Å². The Morgan fingerprint density at radius 3 is 2.61 bits per heavy atom. The number of nitrogens with one attached hydrogen (secondary N) is 2. The fourth-order valence-electron chi connectivity index (χ4n) is 2.54. The number of rotatable bonds is 6. The highest BCUT2D eigenvalue weighted by atomic mass is 32.1. The summed E-state index contributed by atoms with van der Waals surface area (Å²) in [5.74, 6) is -3.29. The Morgan fingerprint density at radius 2 is 2.00 bits per heavy atom. The van der Waals surface area contributed by atoms with Gasteiger partial charge >= 0.3 is 18.0 Å². The second-order valence-corrected chi connectivity index (χ2v) is 7.26. The Hall–Kier alpha value is -2.59. The summed E-state index contributed by atoms with van der Waals surface area (Å²) in [4.78, 5) is 17.2. The molecule has 1 aromatic heterocycles. The number of hydrogen-bond donors (Lipinski definition) is 3. The van der Waals surface area contributed by atoms with Gasteiger partial charge in [0.1, 0.15) is 0 Å². The molecule has 2 aromatic rings. The van der Waals surface area contributed by atoms with Gasteiger partial charge in [-0.25, -0.2) is 4.79 Å². The summed E-state index contributed by atoms with van der Waals surface area (Å²) in [6.07, 6.45) is -4.95. The maximum absolute atomic E-state index is 12.7. The van der Waals surface area contributed by atoms with E-state index in [9.17, 15) is 23.1 Å². The van der Waals surface area contributed by atoms with Gasteiger partial charge in [-0.15, -0.1) is 11.3 Å². The third-order valence-corrected chi connectivity index (χ3v) is 5.07. The van der Waals surface area contributed by atoms with Gasteiger partial charge in [0, 0.05) is 18.0 Å². The predicted octanol–water partition coefficient (Wildman–Crippen LogP) is 3.17. The van der Waals surface area contributed by atoms with Crippen molar-refractivity contribution in [1.29, 1.82) is 0 Å². The lowest BCUT2D eigenvalue weighted by Gasteiger charge is -2.22. The van der Waals surface area contributed by atoms with Crippen molar-refractivity contribution >= 4 is 23.1 Å². The van der Waals surface area contributed by atoms with Crippen LogP contribution in [-0.2, 0) is 17.8 Å². The fraction of sp³-hybridized carbons (Fsp3) is 0.333. The Bertz CT molecular complexity index is 838. The minimum atomic E-state index is -4.93. The molecule has 2 amide bonds. The molecule has 1 aliphatic rings. The SMILES string of the molecule is O=C(NCCc1cccs1)NCc1ccc(C2=NOC(O)(C(F)(F)F)C2)cc1. The van der Waals surface area contributed by atoms with E-state index in [-0.39, 0.29) is 18.3 Å². The quantitative estimate of drug-likeness (QED) is 0.680. The summed E-state index contributed by atoms with van der Waals surface area (Å²) in [5, 5.41) is 20.3. The second kappa shape index (κ2) is 8.19. The van der Waals surface area contributed by atoms with Crippen molar-refractivity contribution in [3.05, 3.63) is 57.8 Å². The van der Waals surface area contributed by atoms with Crippen LogP contribution in [0.5, 0.6) is 0 Å². The Balaban J connectivity index is 1.45. The van der Waals surface area contributed by atoms with Crippen molar-refractivity contribution in [2.75, 3.05) is 6.54 Å². The van der Waals surface area contributed by atoms with Crippen LogP contribution in [0.15, 0.2) is 46.9 Å². The highest BCUT2D eigenvalue weighted by molar-refractivity contribution is 7.09. The number of aliphatic hydroxyl groups is 1. The van der Waals surface area contributed by atoms with Crippen LogP contribution in [0.3, 0.4) is 0 Å². The number of hydrogen-bond acceptors (Lipinski definition) is 5. The van der Waals surface area contributed by atoms with Crippen molar-refractivity contribution in [3.63, 3.8) is 0 Å². The zero-order chi connectivity index (χ0) is 20.2. The maximum Gasteiger partial charge on any atom is 0.458 e. The largest absolute Gasteiger partial charge is 0.458 e. The normalized spacial score (nSPS) is 19.1. The van der Waals surface area contributed by atoms with Crippen LogP contribution in [0.2, 0.25) is 0 Å². The van der Waals surface area contributed by atoms with Crippen molar-refractivity contribution in [2.45, 2.75) is 31.3 Å². The van der Waals surface area contributed by atoms with E-state index >= 15 is 0 Å². The summed E-state index contributed by atoms with van der Waals surface area (Å²) >= 11 is 1.63. The van der Waals surface area contributed by atoms with Crippen LogP contribution in [0.4, 0.5) is 18.0 Å². The number of carbonyl (C=O) groups is 1. The molecule has 0 radical (unpaired) electrons. The van der Waals surface area contributed by atoms with Crippen molar-refractivity contribution in [3.8, 4) is 0 Å². The first-order valence-corrected chi connectivity index (χ1v) is 9.32. The number of benzene rings is 1. The van der Waals surface area contributed by atoms with Crippen LogP contribution in [0, 0.1) is 0 Å². The average molecular weight is 413 g/mol. The molecule has 3 rings (SSSR count). The van der Waals surface area contributed by atoms with E-state index in [1.54, 1.807) is 35.6 Å². The molecule has 1 unspecified atom stereocenters. The topological polar surface area (TPSA) is 83.0 Å². The van der Waals surface area contributed by atoms with Crippen LogP contribution < -0.4 is 10.6 Å². The van der Waals surface area contributed by atoms with E-state index in [1.807, 2.05) is 17.5 Å². The highest BCUT2D eigenvalue weighted by Gasteiger charge is 2.60. The molecule has 1 atom stereocenters. The summed E-state index contributed by atoms with van der Waals surface area (Å²) in [5.41, 5.74) is 1.18. The van der Waals surface area contributed by atoms with Crippen LogP contribution in [0.1, 0.15) is 22.4 Å². The number of oxime groups is 1. The second-order valence-electron chi connectivity index (χ2n) is 6.22. The number of nitrogens with zero attached hydrogens (tertiary/aromatic N) is 1. The van der Waals surface area contributed by atoms with Crippen molar-refractivity contribution in [2.24, 2.45) is 5.16 Å². The van der Waals surface area contributed by atoms with Gasteiger partial charge in [-0.2, -0.15) is 13.2 Å². The molecule has 1 aliphatic heterocycles. The summed E-state index contributed by atoms with van der Waals surface area (Å²) < 4.78 is 38.2. The molecule has 6 nitrogen and oxygen atoms in total. The van der Waals surface area contributed by atoms with E-state index in [0.29, 0.717) is 12.1 Å². The number of carbonyl (C=O) groups excluding carboxylic acids is 1. The molecule has 150 valence electrons. The summed E-state index contributed by atoms with van der Waals surface area (Å²) in [6, 6.07) is 10.1. The van der Waals surface area contributed by atoms with Crippen molar-refractivity contribution < 1.29 is 27.9 Å². The smallest absolute Gasteiger partial charge is 0.350 e. The van der Waals surface area contributed by atoms with Gasteiger partial charge in [0.25, 0.3) is 0 Å². The third-order valence-electron chi connectivity index (χ3n) is 4.13. The lowest BCUT2D eigenvalue weighted by Crippen LogP contribution is -2.45. The standard InChI is InChI=1S/C18H18F3N3O3S/c19-18(20,21)17(26)10-15(24-27-17)13-5-3-12(4-6-13)11-23-16(25)22-8-7-14-2-1-9-28-14/h1-6,9,26H,7-8,10-11H2,(H2,22,23,25). The molecule has 0 aliphatic carbocycles. The van der Waals surface area contributed by atoms with E-state index < -0.39 is 18.4 Å². The number of thiophene rings is 1. The Labute approximate surface area is 163 Å². The molecule has 0 bridgehead atoms. The number of urea groups is 1. The van der Waals surface area contributed by atoms with E-state index in [0.717, 1.165) is 12.0 Å². The number of halogens is 3. The van der Waals surface area contributed by atoms with E-state index in [4.69, 9.17) is 0 Å². The lowest BCUT2D eigenvalue weighted by atomic mass is 10.0. The van der Waals surface area contributed by atoms with Crippen LogP contribution in [0.25, 0.3) is 0 Å². The highest BCUT2D eigenvalue weighted by Crippen LogP contribution is 2.38. The minimum absolute atomic E-state index is 0.00524. The number of amides is 2. The van der Waals surface area contributed by atoms with Gasteiger partial charge in [-0.05, 0) is 29.0 Å². The first-order valence-electron chi connectivity index (χ1n) is 8.44. The number of alkyl halides is 3.